The highest BCUT2D eigenvalue weighted by Gasteiger charge is 2.26. The zero-order valence-corrected chi connectivity index (χ0v) is 10.6. The Morgan fingerprint density at radius 1 is 1.15 bits per heavy atom. The van der Waals surface area contributed by atoms with Crippen molar-refractivity contribution in [3.8, 4) is 11.1 Å². The average molecular weight is 270 g/mol. The van der Waals surface area contributed by atoms with Crippen LogP contribution in [0.15, 0.2) is 61.4 Å². The molecule has 0 saturated heterocycles. The molecule has 0 atom stereocenters. The third kappa shape index (κ3) is 1.99. The van der Waals surface area contributed by atoms with E-state index < -0.39 is 5.92 Å². The number of hydrogen-bond acceptors (Lipinski definition) is 1. The van der Waals surface area contributed by atoms with E-state index in [-0.39, 0.29) is 5.56 Å². The first-order chi connectivity index (χ1) is 9.62. The predicted molar refractivity (Wildman–Crippen MR) is 75.6 cm³/mol. The van der Waals surface area contributed by atoms with Crippen molar-refractivity contribution in [2.45, 2.75) is 5.92 Å². The largest absolute Gasteiger partial charge is 0.346 e. The topological polar surface area (TPSA) is 28.7 Å². The lowest BCUT2D eigenvalue weighted by Crippen LogP contribution is -2.08. The first-order valence-corrected chi connectivity index (χ1v) is 6.16. The van der Waals surface area contributed by atoms with Crippen LogP contribution in [0, 0.1) is 0 Å². The lowest BCUT2D eigenvalue weighted by atomic mass is 10.0. The van der Waals surface area contributed by atoms with Crippen LogP contribution < -0.4 is 0 Å². The Morgan fingerprint density at radius 2 is 1.90 bits per heavy atom. The standard InChI is InChI=1S/C16H12F2N2/c1-2-16(17,18)12-7-5-11(6-8-12)14-10-20-15-13(14)4-3-9-19-15/h2-10H,1H2,(H,19,20). The number of alkyl halides is 2. The van der Waals surface area contributed by atoms with E-state index in [0.29, 0.717) is 6.08 Å². The van der Waals surface area contributed by atoms with Crippen molar-refractivity contribution in [3.05, 3.63) is 67.0 Å². The Bertz CT molecular complexity index is 758. The van der Waals surface area contributed by atoms with Gasteiger partial charge in [0.2, 0.25) is 0 Å². The number of pyridine rings is 1. The van der Waals surface area contributed by atoms with Gasteiger partial charge in [0, 0.05) is 28.9 Å². The van der Waals surface area contributed by atoms with Crippen LogP contribution >= 0.6 is 0 Å². The second kappa shape index (κ2) is 4.56. The van der Waals surface area contributed by atoms with Crippen LogP contribution in [-0.4, -0.2) is 9.97 Å². The molecule has 1 aromatic carbocycles. The van der Waals surface area contributed by atoms with E-state index >= 15 is 0 Å². The quantitative estimate of drug-likeness (QED) is 0.697. The molecule has 0 saturated carbocycles. The fraction of sp³-hybridized carbons (Fsp3) is 0.0625. The SMILES string of the molecule is C=CC(F)(F)c1ccc(-c2c[nH]c3ncccc23)cc1. The van der Waals surface area contributed by atoms with Gasteiger partial charge in [-0.25, -0.2) is 4.98 Å². The molecule has 2 heterocycles. The van der Waals surface area contributed by atoms with Crippen molar-refractivity contribution >= 4 is 11.0 Å². The van der Waals surface area contributed by atoms with Crippen LogP contribution in [0.25, 0.3) is 22.2 Å². The number of hydrogen-bond donors (Lipinski definition) is 1. The molecule has 2 aromatic heterocycles. The van der Waals surface area contributed by atoms with Crippen LogP contribution in [0.2, 0.25) is 0 Å². The Balaban J connectivity index is 2.05. The molecule has 0 fully saturated rings. The number of aromatic nitrogens is 2. The average Bonchev–Trinajstić information content (AvgIpc) is 2.91. The van der Waals surface area contributed by atoms with E-state index in [9.17, 15) is 8.78 Å². The molecule has 0 aliphatic carbocycles. The van der Waals surface area contributed by atoms with Crippen LogP contribution in [-0.2, 0) is 5.92 Å². The summed E-state index contributed by atoms with van der Waals surface area (Å²) in [5.41, 5.74) is 2.53. The van der Waals surface area contributed by atoms with Crippen LogP contribution in [0.5, 0.6) is 0 Å². The molecule has 0 amide bonds. The molecule has 20 heavy (non-hydrogen) atoms. The molecule has 2 nitrogen and oxygen atoms in total. The van der Waals surface area contributed by atoms with Crippen molar-refractivity contribution in [1.82, 2.24) is 9.97 Å². The Kier molecular flexibility index (Phi) is 2.86. The van der Waals surface area contributed by atoms with Gasteiger partial charge in [-0.2, -0.15) is 8.78 Å². The van der Waals surface area contributed by atoms with E-state index in [0.717, 1.165) is 22.2 Å². The van der Waals surface area contributed by atoms with Crippen molar-refractivity contribution in [1.29, 1.82) is 0 Å². The van der Waals surface area contributed by atoms with Crippen molar-refractivity contribution in [2.75, 3.05) is 0 Å². The van der Waals surface area contributed by atoms with E-state index in [4.69, 9.17) is 0 Å². The summed E-state index contributed by atoms with van der Waals surface area (Å²) in [5, 5.41) is 0.968. The maximum absolute atomic E-state index is 13.5. The number of halogens is 2. The summed E-state index contributed by atoms with van der Waals surface area (Å²) in [6.07, 6.45) is 4.19. The van der Waals surface area contributed by atoms with Crippen molar-refractivity contribution < 1.29 is 8.78 Å². The monoisotopic (exact) mass is 270 g/mol. The summed E-state index contributed by atoms with van der Waals surface area (Å²) in [6.45, 7) is 3.16. The number of fused-ring (bicyclic) bond motifs is 1. The van der Waals surface area contributed by atoms with Gasteiger partial charge in [-0.15, -0.1) is 0 Å². The fourth-order valence-electron chi connectivity index (χ4n) is 2.18. The van der Waals surface area contributed by atoms with E-state index in [2.05, 4.69) is 16.5 Å². The zero-order chi connectivity index (χ0) is 14.2. The van der Waals surface area contributed by atoms with Gasteiger partial charge in [-0.05, 0) is 23.8 Å². The van der Waals surface area contributed by atoms with Crippen LogP contribution in [0.3, 0.4) is 0 Å². The third-order valence-electron chi connectivity index (χ3n) is 3.29. The summed E-state index contributed by atoms with van der Waals surface area (Å²) in [5.74, 6) is -3.00. The minimum atomic E-state index is -3.00. The Hall–Kier alpha value is -2.49. The van der Waals surface area contributed by atoms with E-state index in [1.165, 1.54) is 12.1 Å². The number of H-pyrrole nitrogens is 1. The molecule has 0 aliphatic heterocycles. The van der Waals surface area contributed by atoms with Gasteiger partial charge in [0.15, 0.2) is 0 Å². The molecule has 3 aromatic rings. The highest BCUT2D eigenvalue weighted by molar-refractivity contribution is 5.93. The smallest absolute Gasteiger partial charge is 0.291 e. The molecule has 4 heteroatoms. The molecule has 0 radical (unpaired) electrons. The summed E-state index contributed by atoms with van der Waals surface area (Å²) in [4.78, 5) is 7.28. The second-order valence-electron chi connectivity index (χ2n) is 4.51. The summed E-state index contributed by atoms with van der Waals surface area (Å²) in [7, 11) is 0. The van der Waals surface area contributed by atoms with Crippen molar-refractivity contribution in [2.24, 2.45) is 0 Å². The van der Waals surface area contributed by atoms with E-state index in [1.807, 2.05) is 18.3 Å². The number of benzene rings is 1. The van der Waals surface area contributed by atoms with Crippen LogP contribution in [0.1, 0.15) is 5.56 Å². The molecular formula is C16H12F2N2. The van der Waals surface area contributed by atoms with Gasteiger partial charge in [0.1, 0.15) is 5.65 Å². The highest BCUT2D eigenvalue weighted by atomic mass is 19.3. The molecule has 0 unspecified atom stereocenters. The summed E-state index contributed by atoms with van der Waals surface area (Å²) < 4.78 is 27.0. The summed E-state index contributed by atoms with van der Waals surface area (Å²) >= 11 is 0. The normalized spacial score (nSPS) is 11.7. The maximum Gasteiger partial charge on any atom is 0.291 e. The minimum absolute atomic E-state index is 0.0609. The van der Waals surface area contributed by atoms with Crippen molar-refractivity contribution in [3.63, 3.8) is 0 Å². The van der Waals surface area contributed by atoms with E-state index in [1.54, 1.807) is 18.3 Å². The number of nitrogens with zero attached hydrogens (tertiary/aromatic N) is 1. The Morgan fingerprint density at radius 3 is 2.60 bits per heavy atom. The highest BCUT2D eigenvalue weighted by Crippen LogP contribution is 2.32. The van der Waals surface area contributed by atoms with Gasteiger partial charge in [0.05, 0.1) is 0 Å². The fourth-order valence-corrected chi connectivity index (χ4v) is 2.18. The second-order valence-corrected chi connectivity index (χ2v) is 4.51. The number of nitrogens with one attached hydrogen (secondary N) is 1. The number of rotatable bonds is 3. The Labute approximate surface area is 114 Å². The van der Waals surface area contributed by atoms with Gasteiger partial charge >= 0.3 is 0 Å². The molecule has 0 aliphatic rings. The van der Waals surface area contributed by atoms with Crippen LogP contribution in [0.4, 0.5) is 8.78 Å². The first kappa shape index (κ1) is 12.5. The van der Waals surface area contributed by atoms with Gasteiger partial charge < -0.3 is 4.98 Å². The number of aromatic amines is 1. The van der Waals surface area contributed by atoms with Gasteiger partial charge in [-0.3, -0.25) is 0 Å². The molecule has 1 N–H and O–H groups in total. The molecule has 3 rings (SSSR count). The number of allylic oxidation sites excluding steroid dienone is 1. The molecule has 100 valence electrons. The lowest BCUT2D eigenvalue weighted by Gasteiger charge is -2.11. The molecular weight excluding hydrogens is 258 g/mol. The first-order valence-electron chi connectivity index (χ1n) is 6.16. The maximum atomic E-state index is 13.5. The zero-order valence-electron chi connectivity index (χ0n) is 10.6. The van der Waals surface area contributed by atoms with Gasteiger partial charge in [0.25, 0.3) is 5.92 Å². The predicted octanol–water partition coefficient (Wildman–Crippen LogP) is 4.51. The molecule has 0 spiro atoms. The van der Waals surface area contributed by atoms with Gasteiger partial charge in [-0.1, -0.05) is 30.8 Å². The summed E-state index contributed by atoms with van der Waals surface area (Å²) in [6, 6.07) is 10.0. The third-order valence-corrected chi connectivity index (χ3v) is 3.29. The molecule has 0 bridgehead atoms. The minimum Gasteiger partial charge on any atom is -0.346 e. The lowest BCUT2D eigenvalue weighted by molar-refractivity contribution is 0.0526.